The van der Waals surface area contributed by atoms with E-state index in [-0.39, 0.29) is 18.0 Å². The summed E-state index contributed by atoms with van der Waals surface area (Å²) in [5.41, 5.74) is 4.03. The Kier molecular flexibility index (Phi) is 8.36. The van der Waals surface area contributed by atoms with Crippen LogP contribution in [0.25, 0.3) is 0 Å². The van der Waals surface area contributed by atoms with Gasteiger partial charge in [0.1, 0.15) is 16.7 Å². The molecule has 1 aliphatic heterocycles. The zero-order valence-corrected chi connectivity index (χ0v) is 21.0. The highest BCUT2D eigenvalue weighted by Gasteiger charge is 2.40. The van der Waals surface area contributed by atoms with Gasteiger partial charge in [-0.15, -0.1) is 6.58 Å². The normalized spacial score (nSPS) is 17.1. The van der Waals surface area contributed by atoms with Crippen molar-refractivity contribution in [1.29, 1.82) is 5.26 Å². The highest BCUT2D eigenvalue weighted by atomic mass is 32.2. The molecule has 0 aliphatic carbocycles. The molecular weight excluding hydrogens is 442 g/mol. The SMILES string of the molecule is C=CCNC(=O)/C(C#N)=C1\SC(Cc2ccc(C(C)C)cc2)C(=O)N1c1ccc(C(C)C)cc1. The van der Waals surface area contributed by atoms with Crippen LogP contribution in [0.4, 0.5) is 5.69 Å². The van der Waals surface area contributed by atoms with Crippen LogP contribution >= 0.6 is 11.8 Å². The van der Waals surface area contributed by atoms with Gasteiger partial charge in [-0.25, -0.2) is 0 Å². The van der Waals surface area contributed by atoms with Crippen molar-refractivity contribution in [2.24, 2.45) is 0 Å². The highest BCUT2D eigenvalue weighted by Crippen LogP contribution is 2.42. The number of carbonyl (C=O) groups is 2. The summed E-state index contributed by atoms with van der Waals surface area (Å²) < 4.78 is 0. The predicted octanol–water partition coefficient (Wildman–Crippen LogP) is 5.66. The molecule has 0 aromatic heterocycles. The summed E-state index contributed by atoms with van der Waals surface area (Å²) in [7, 11) is 0. The Bertz CT molecular complexity index is 1130. The fourth-order valence-corrected chi connectivity index (χ4v) is 5.04. The molecule has 34 heavy (non-hydrogen) atoms. The number of carbonyl (C=O) groups excluding carboxylic acids is 2. The summed E-state index contributed by atoms with van der Waals surface area (Å²) >= 11 is 1.28. The van der Waals surface area contributed by atoms with Gasteiger partial charge in [0.05, 0.1) is 5.25 Å². The molecule has 0 saturated carbocycles. The molecule has 176 valence electrons. The first-order valence-corrected chi connectivity index (χ1v) is 12.4. The maximum atomic E-state index is 13.6. The summed E-state index contributed by atoms with van der Waals surface area (Å²) in [4.78, 5) is 27.8. The Morgan fingerprint density at radius 1 is 1.09 bits per heavy atom. The number of hydrogen-bond donors (Lipinski definition) is 1. The zero-order chi connectivity index (χ0) is 24.8. The van der Waals surface area contributed by atoms with E-state index in [1.54, 1.807) is 6.08 Å². The van der Waals surface area contributed by atoms with E-state index in [1.165, 1.54) is 22.2 Å². The quantitative estimate of drug-likeness (QED) is 0.305. The summed E-state index contributed by atoms with van der Waals surface area (Å²) in [6.07, 6.45) is 2.06. The fourth-order valence-electron chi connectivity index (χ4n) is 3.74. The summed E-state index contributed by atoms with van der Waals surface area (Å²) in [5.74, 6) is 0.147. The Hall–Kier alpha value is -3.30. The van der Waals surface area contributed by atoms with Gasteiger partial charge in [0, 0.05) is 12.2 Å². The lowest BCUT2D eigenvalue weighted by atomic mass is 10.00. The fraction of sp³-hybridized carbons (Fsp3) is 0.321. The van der Waals surface area contributed by atoms with E-state index in [1.807, 2.05) is 30.3 Å². The van der Waals surface area contributed by atoms with Gasteiger partial charge in [0.25, 0.3) is 5.91 Å². The Labute approximate surface area is 206 Å². The van der Waals surface area contributed by atoms with Crippen LogP contribution in [0.3, 0.4) is 0 Å². The third-order valence-electron chi connectivity index (χ3n) is 5.80. The molecule has 2 amide bonds. The first kappa shape index (κ1) is 25.3. The number of benzene rings is 2. The molecule has 0 spiro atoms. The summed E-state index contributed by atoms with van der Waals surface area (Å²) in [6, 6.07) is 18.0. The van der Waals surface area contributed by atoms with Gasteiger partial charge in [-0.05, 0) is 47.1 Å². The van der Waals surface area contributed by atoms with E-state index in [0.717, 1.165) is 11.1 Å². The van der Waals surface area contributed by atoms with Crippen LogP contribution in [0.15, 0.2) is 71.8 Å². The van der Waals surface area contributed by atoms with Crippen molar-refractivity contribution in [3.05, 3.63) is 88.5 Å². The number of amides is 2. The molecule has 1 aliphatic rings. The average molecular weight is 474 g/mol. The minimum Gasteiger partial charge on any atom is -0.348 e. The molecule has 5 nitrogen and oxygen atoms in total. The number of hydrogen-bond acceptors (Lipinski definition) is 4. The van der Waals surface area contributed by atoms with E-state index in [9.17, 15) is 14.9 Å². The van der Waals surface area contributed by atoms with E-state index in [4.69, 9.17) is 0 Å². The average Bonchev–Trinajstić information content (AvgIpc) is 3.13. The summed E-state index contributed by atoms with van der Waals surface area (Å²) in [6.45, 7) is 12.3. The molecule has 0 radical (unpaired) electrons. The van der Waals surface area contributed by atoms with Gasteiger partial charge < -0.3 is 5.32 Å². The second-order valence-electron chi connectivity index (χ2n) is 8.92. The largest absolute Gasteiger partial charge is 0.348 e. The van der Waals surface area contributed by atoms with Crippen LogP contribution in [-0.2, 0) is 16.0 Å². The van der Waals surface area contributed by atoms with Gasteiger partial charge in [0.15, 0.2) is 0 Å². The van der Waals surface area contributed by atoms with Gasteiger partial charge in [-0.1, -0.05) is 81.9 Å². The van der Waals surface area contributed by atoms with Crippen LogP contribution in [0.2, 0.25) is 0 Å². The monoisotopic (exact) mass is 473 g/mol. The standard InChI is InChI=1S/C28H31N3O2S/c1-6-15-30-26(32)24(17-29)28-31(23-13-11-22(12-14-23)19(4)5)27(33)25(34-28)16-20-7-9-21(10-8-20)18(2)3/h6-14,18-19,25H,1,15-16H2,2-5H3,(H,30,32)/b28-24-. The topological polar surface area (TPSA) is 73.2 Å². The number of rotatable bonds is 8. The maximum Gasteiger partial charge on any atom is 0.264 e. The zero-order valence-electron chi connectivity index (χ0n) is 20.2. The highest BCUT2D eigenvalue weighted by molar-refractivity contribution is 8.05. The lowest BCUT2D eigenvalue weighted by Gasteiger charge is -2.19. The van der Waals surface area contributed by atoms with Crippen LogP contribution in [0.1, 0.15) is 56.2 Å². The van der Waals surface area contributed by atoms with Crippen molar-refractivity contribution in [3.63, 3.8) is 0 Å². The van der Waals surface area contributed by atoms with Crippen LogP contribution < -0.4 is 10.2 Å². The number of anilines is 1. The molecule has 1 heterocycles. The van der Waals surface area contributed by atoms with Gasteiger partial charge in [0.2, 0.25) is 5.91 Å². The van der Waals surface area contributed by atoms with Gasteiger partial charge in [-0.3, -0.25) is 14.5 Å². The molecule has 2 aromatic carbocycles. The van der Waals surface area contributed by atoms with Crippen LogP contribution in [0, 0.1) is 11.3 Å². The van der Waals surface area contributed by atoms with Crippen molar-refractivity contribution >= 4 is 29.3 Å². The molecule has 1 fully saturated rings. The van der Waals surface area contributed by atoms with E-state index in [2.05, 4.69) is 63.9 Å². The van der Waals surface area contributed by atoms with E-state index >= 15 is 0 Å². The number of thioether (sulfide) groups is 1. The van der Waals surface area contributed by atoms with Crippen molar-refractivity contribution in [1.82, 2.24) is 5.32 Å². The van der Waals surface area contributed by atoms with Gasteiger partial charge in [-0.2, -0.15) is 5.26 Å². The van der Waals surface area contributed by atoms with Gasteiger partial charge >= 0.3 is 0 Å². The van der Waals surface area contributed by atoms with Crippen LogP contribution in [-0.4, -0.2) is 23.6 Å². The third-order valence-corrected chi connectivity index (χ3v) is 7.06. The van der Waals surface area contributed by atoms with Crippen molar-refractivity contribution in [3.8, 4) is 6.07 Å². The number of nitrogens with zero attached hydrogens (tertiary/aromatic N) is 2. The minimum atomic E-state index is -0.511. The Morgan fingerprint density at radius 3 is 2.15 bits per heavy atom. The van der Waals surface area contributed by atoms with Crippen molar-refractivity contribution < 1.29 is 9.59 Å². The number of nitriles is 1. The maximum absolute atomic E-state index is 13.6. The third kappa shape index (κ3) is 5.60. The molecule has 3 rings (SSSR count). The molecule has 1 N–H and O–H groups in total. The first-order valence-electron chi connectivity index (χ1n) is 11.5. The molecule has 1 saturated heterocycles. The Morgan fingerprint density at radius 2 is 1.65 bits per heavy atom. The second kappa shape index (κ2) is 11.2. The molecule has 0 bridgehead atoms. The van der Waals surface area contributed by atoms with E-state index in [0.29, 0.717) is 29.0 Å². The molecule has 1 atom stereocenters. The Balaban J connectivity index is 1.99. The first-order chi connectivity index (χ1) is 16.3. The smallest absolute Gasteiger partial charge is 0.264 e. The molecular formula is C28H31N3O2S. The molecule has 2 aromatic rings. The second-order valence-corrected chi connectivity index (χ2v) is 10.1. The van der Waals surface area contributed by atoms with Crippen molar-refractivity contribution in [2.45, 2.75) is 51.2 Å². The minimum absolute atomic E-state index is 0.0641. The van der Waals surface area contributed by atoms with Crippen LogP contribution in [0.5, 0.6) is 0 Å². The van der Waals surface area contributed by atoms with E-state index < -0.39 is 11.2 Å². The predicted molar refractivity (Wildman–Crippen MR) is 139 cm³/mol. The molecule has 1 unspecified atom stereocenters. The van der Waals surface area contributed by atoms with Crippen molar-refractivity contribution in [2.75, 3.05) is 11.4 Å². The lowest BCUT2D eigenvalue weighted by Crippen LogP contribution is -2.32. The lowest BCUT2D eigenvalue weighted by molar-refractivity contribution is -0.117. The molecule has 6 heteroatoms. The summed E-state index contributed by atoms with van der Waals surface area (Å²) in [5, 5.41) is 12.4. The number of nitrogens with one attached hydrogen (secondary N) is 1.